The van der Waals surface area contributed by atoms with Crippen molar-refractivity contribution in [3.8, 4) is 18.1 Å². The number of amides is 3. The van der Waals surface area contributed by atoms with Crippen LogP contribution in [0.15, 0.2) is 48.5 Å². The maximum Gasteiger partial charge on any atom is 0.408 e. The van der Waals surface area contributed by atoms with E-state index >= 15 is 0 Å². The van der Waals surface area contributed by atoms with Crippen molar-refractivity contribution in [2.75, 3.05) is 0 Å². The predicted molar refractivity (Wildman–Crippen MR) is 147 cm³/mol. The molecule has 0 bridgehead atoms. The molecule has 8 heteroatoms. The van der Waals surface area contributed by atoms with E-state index in [0.717, 1.165) is 0 Å². The Morgan fingerprint density at radius 1 is 1.00 bits per heavy atom. The quantitative estimate of drug-likeness (QED) is 0.426. The molecule has 2 rings (SSSR count). The first-order chi connectivity index (χ1) is 17.7. The van der Waals surface area contributed by atoms with E-state index in [1.165, 1.54) is 17.0 Å². The van der Waals surface area contributed by atoms with Crippen molar-refractivity contribution in [2.45, 2.75) is 84.7 Å². The molecule has 204 valence electrons. The summed E-state index contributed by atoms with van der Waals surface area (Å²) in [6.07, 6.45) is 5.11. The van der Waals surface area contributed by atoms with Crippen molar-refractivity contribution in [1.29, 1.82) is 0 Å². The van der Waals surface area contributed by atoms with Crippen LogP contribution < -0.4 is 10.6 Å². The maximum absolute atomic E-state index is 14.2. The van der Waals surface area contributed by atoms with E-state index in [1.807, 2.05) is 13.8 Å². The van der Waals surface area contributed by atoms with E-state index in [4.69, 9.17) is 11.2 Å². The van der Waals surface area contributed by atoms with Gasteiger partial charge in [0.25, 0.3) is 0 Å². The van der Waals surface area contributed by atoms with E-state index in [0.29, 0.717) is 16.7 Å². The second-order valence-electron chi connectivity index (χ2n) is 10.7. The fourth-order valence-electron chi connectivity index (χ4n) is 4.03. The molecular formula is C30H39N3O5. The van der Waals surface area contributed by atoms with Crippen LogP contribution in [-0.2, 0) is 20.7 Å². The van der Waals surface area contributed by atoms with Crippen molar-refractivity contribution in [2.24, 2.45) is 0 Å². The lowest BCUT2D eigenvalue weighted by Gasteiger charge is -2.38. The molecule has 2 unspecified atom stereocenters. The first-order valence-electron chi connectivity index (χ1n) is 12.7. The average molecular weight is 522 g/mol. The van der Waals surface area contributed by atoms with E-state index in [9.17, 15) is 19.5 Å². The molecule has 0 saturated carbocycles. The highest BCUT2D eigenvalue weighted by atomic mass is 16.6. The highest BCUT2D eigenvalue weighted by Crippen LogP contribution is 2.28. The number of hydrogen-bond donors (Lipinski definition) is 3. The zero-order valence-corrected chi connectivity index (χ0v) is 23.2. The molecule has 2 aromatic rings. The topological polar surface area (TPSA) is 108 Å². The Hall–Kier alpha value is -3.99. The van der Waals surface area contributed by atoms with Crippen LogP contribution in [-0.4, -0.2) is 51.6 Å². The lowest BCUT2D eigenvalue weighted by molar-refractivity contribution is -0.144. The van der Waals surface area contributed by atoms with Gasteiger partial charge < -0.3 is 25.4 Å². The Morgan fingerprint density at radius 2 is 1.61 bits per heavy atom. The fourth-order valence-corrected chi connectivity index (χ4v) is 4.03. The van der Waals surface area contributed by atoms with Gasteiger partial charge in [-0.2, -0.15) is 0 Å². The van der Waals surface area contributed by atoms with Crippen molar-refractivity contribution in [3.63, 3.8) is 0 Å². The van der Waals surface area contributed by atoms with Crippen LogP contribution >= 0.6 is 0 Å². The Morgan fingerprint density at radius 3 is 2.13 bits per heavy atom. The average Bonchev–Trinajstić information content (AvgIpc) is 2.81. The molecule has 2 atom stereocenters. The Bertz CT molecular complexity index is 1160. The number of phenols is 1. The van der Waals surface area contributed by atoms with Crippen LogP contribution in [0, 0.1) is 12.3 Å². The summed E-state index contributed by atoms with van der Waals surface area (Å²) in [7, 11) is 0. The largest absolute Gasteiger partial charge is 0.508 e. The minimum atomic E-state index is -1.07. The molecule has 2 aromatic carbocycles. The third kappa shape index (κ3) is 8.55. The van der Waals surface area contributed by atoms with E-state index in [2.05, 4.69) is 16.6 Å². The van der Waals surface area contributed by atoms with Crippen LogP contribution in [0.3, 0.4) is 0 Å². The van der Waals surface area contributed by atoms with E-state index in [1.54, 1.807) is 71.0 Å². The van der Waals surface area contributed by atoms with Gasteiger partial charge in [-0.1, -0.05) is 36.3 Å². The minimum Gasteiger partial charge on any atom is -0.508 e. The lowest BCUT2D eigenvalue weighted by Crippen LogP contribution is -2.56. The number of rotatable bonds is 9. The summed E-state index contributed by atoms with van der Waals surface area (Å²) in [6.45, 7) is 12.5. The van der Waals surface area contributed by atoms with E-state index in [-0.39, 0.29) is 24.1 Å². The lowest BCUT2D eigenvalue weighted by atomic mass is 9.95. The zero-order chi connectivity index (χ0) is 28.6. The number of hydrogen-bond acceptors (Lipinski definition) is 5. The van der Waals surface area contributed by atoms with E-state index < -0.39 is 35.7 Å². The van der Waals surface area contributed by atoms with Gasteiger partial charge in [-0.25, -0.2) is 4.79 Å². The van der Waals surface area contributed by atoms with Gasteiger partial charge in [-0.05, 0) is 77.8 Å². The summed E-state index contributed by atoms with van der Waals surface area (Å²) in [5, 5.41) is 15.3. The second-order valence-corrected chi connectivity index (χ2v) is 10.7. The van der Waals surface area contributed by atoms with Crippen LogP contribution in [0.1, 0.15) is 71.2 Å². The predicted octanol–water partition coefficient (Wildman–Crippen LogP) is 4.31. The van der Waals surface area contributed by atoms with Crippen LogP contribution in [0.5, 0.6) is 5.75 Å². The van der Waals surface area contributed by atoms with Crippen molar-refractivity contribution in [1.82, 2.24) is 15.5 Å². The number of alkyl carbamates (subject to hydrolysis) is 1. The number of aromatic hydroxyl groups is 1. The Balaban J connectivity index is 2.60. The summed E-state index contributed by atoms with van der Waals surface area (Å²) < 4.78 is 5.43. The van der Waals surface area contributed by atoms with Crippen molar-refractivity contribution in [3.05, 3.63) is 65.2 Å². The number of ether oxygens (including phenoxy) is 1. The number of carbonyl (C=O) groups is 3. The molecule has 3 amide bonds. The molecule has 0 aliphatic heterocycles. The van der Waals surface area contributed by atoms with Gasteiger partial charge in [-0.3, -0.25) is 9.59 Å². The van der Waals surface area contributed by atoms with Gasteiger partial charge in [0, 0.05) is 24.1 Å². The van der Waals surface area contributed by atoms with Gasteiger partial charge in [0.15, 0.2) is 0 Å². The Kier molecular flexibility index (Phi) is 10.3. The van der Waals surface area contributed by atoms with Gasteiger partial charge >= 0.3 is 6.09 Å². The molecule has 38 heavy (non-hydrogen) atoms. The molecule has 0 aromatic heterocycles. The third-order valence-corrected chi connectivity index (χ3v) is 5.54. The van der Waals surface area contributed by atoms with Gasteiger partial charge in [0.05, 0.1) is 0 Å². The molecule has 0 aliphatic carbocycles. The second kappa shape index (κ2) is 13.0. The zero-order valence-electron chi connectivity index (χ0n) is 23.2. The maximum atomic E-state index is 14.2. The van der Waals surface area contributed by atoms with Crippen LogP contribution in [0.25, 0.3) is 0 Å². The summed E-state index contributed by atoms with van der Waals surface area (Å²) in [5.74, 6) is 1.84. The smallest absolute Gasteiger partial charge is 0.408 e. The molecular weight excluding hydrogens is 482 g/mol. The molecule has 0 aliphatic rings. The first-order valence-corrected chi connectivity index (χ1v) is 12.7. The normalized spacial score (nSPS) is 12.8. The molecule has 0 fully saturated rings. The number of terminal acetylenes is 1. The summed E-state index contributed by atoms with van der Waals surface area (Å²) in [4.78, 5) is 42.1. The molecule has 0 heterocycles. The van der Waals surface area contributed by atoms with Crippen molar-refractivity contribution < 1.29 is 24.2 Å². The van der Waals surface area contributed by atoms with Gasteiger partial charge in [0.1, 0.15) is 23.4 Å². The Labute approximate surface area is 225 Å². The van der Waals surface area contributed by atoms with Gasteiger partial charge in [0.2, 0.25) is 11.8 Å². The highest BCUT2D eigenvalue weighted by molar-refractivity contribution is 5.93. The number of nitrogens with zero attached hydrogens (tertiary/aromatic N) is 1. The summed E-state index contributed by atoms with van der Waals surface area (Å²) in [6, 6.07) is 10.6. The molecule has 3 N–H and O–H groups in total. The fraction of sp³-hybridized carbons (Fsp3) is 0.433. The number of benzene rings is 2. The molecule has 0 spiro atoms. The number of carbonyl (C=O) groups excluding carboxylic acids is 3. The van der Waals surface area contributed by atoms with Crippen molar-refractivity contribution >= 4 is 17.9 Å². The first kappa shape index (κ1) is 30.2. The molecule has 0 saturated heterocycles. The summed E-state index contributed by atoms with van der Waals surface area (Å²) >= 11 is 0. The minimum absolute atomic E-state index is 0.0804. The van der Waals surface area contributed by atoms with Gasteiger partial charge in [-0.15, -0.1) is 6.42 Å². The molecule has 0 radical (unpaired) electrons. The SMILES string of the molecule is C#Cc1ccccc1C(C(=O)NC(C)C)N(C(=O)C(Cc1ccc(O)cc1)NC(=O)OC(C)(C)C)C(C)C. The van der Waals surface area contributed by atoms with Crippen LogP contribution in [0.2, 0.25) is 0 Å². The number of phenolic OH excluding ortho intramolecular Hbond substituents is 1. The molecule has 8 nitrogen and oxygen atoms in total. The highest BCUT2D eigenvalue weighted by Gasteiger charge is 2.38. The number of nitrogens with one attached hydrogen (secondary N) is 2. The monoisotopic (exact) mass is 521 g/mol. The van der Waals surface area contributed by atoms with Crippen LogP contribution in [0.4, 0.5) is 4.79 Å². The standard InChI is InChI=1S/C30H39N3O5/c1-9-22-12-10-11-13-24(22)26(27(35)31-19(2)3)33(20(4)5)28(36)25(32-29(37)38-30(6,7)8)18-21-14-16-23(34)17-15-21/h1,10-17,19-20,25-26,34H,18H2,2-8H3,(H,31,35)(H,32,37). The summed E-state index contributed by atoms with van der Waals surface area (Å²) in [5.41, 5.74) is 0.924. The third-order valence-electron chi connectivity index (χ3n) is 5.54.